The van der Waals surface area contributed by atoms with Crippen LogP contribution in [0.25, 0.3) is 0 Å². The monoisotopic (exact) mass is 286 g/mol. The number of benzene rings is 2. The third-order valence-electron chi connectivity index (χ3n) is 3.02. The lowest BCUT2D eigenvalue weighted by Gasteiger charge is -2.09. The van der Waals surface area contributed by atoms with Gasteiger partial charge in [0.25, 0.3) is 5.91 Å². The number of carboxylic acids is 1. The molecule has 6 heteroatoms. The number of carbonyl (C=O) groups is 2. The molecular weight excluding hydrogens is 272 g/mol. The summed E-state index contributed by atoms with van der Waals surface area (Å²) in [6.45, 7) is 1.77. The number of aromatic carboxylic acids is 1. The van der Waals surface area contributed by atoms with E-state index in [0.29, 0.717) is 11.3 Å². The summed E-state index contributed by atoms with van der Waals surface area (Å²) >= 11 is 0. The molecule has 2 aromatic rings. The summed E-state index contributed by atoms with van der Waals surface area (Å²) in [5.74, 6) is -1.81. The summed E-state index contributed by atoms with van der Waals surface area (Å²) in [7, 11) is 0. The van der Waals surface area contributed by atoms with E-state index in [1.807, 2.05) is 0 Å². The molecule has 0 atom stereocenters. The summed E-state index contributed by atoms with van der Waals surface area (Å²) < 4.78 is 0. The minimum absolute atomic E-state index is 0.0309. The van der Waals surface area contributed by atoms with Crippen molar-refractivity contribution in [2.24, 2.45) is 0 Å². The molecular formula is C15H14N2O4. The number of nitrogens with two attached hydrogens (primary N) is 1. The van der Waals surface area contributed by atoms with E-state index >= 15 is 0 Å². The summed E-state index contributed by atoms with van der Waals surface area (Å²) in [5.41, 5.74) is 7.38. The first-order valence-corrected chi connectivity index (χ1v) is 6.12. The number of hydrogen-bond acceptors (Lipinski definition) is 4. The van der Waals surface area contributed by atoms with Crippen LogP contribution in [-0.4, -0.2) is 22.1 Å². The topological polar surface area (TPSA) is 113 Å². The van der Waals surface area contributed by atoms with Gasteiger partial charge in [-0.1, -0.05) is 0 Å². The van der Waals surface area contributed by atoms with Crippen LogP contribution < -0.4 is 11.1 Å². The Kier molecular flexibility index (Phi) is 3.80. The SMILES string of the molecule is Cc1cc(C(=O)Nc2cc(C(=O)O)ccc2O)ccc1N. The number of phenols is 1. The first kappa shape index (κ1) is 14.4. The summed E-state index contributed by atoms with van der Waals surface area (Å²) in [5, 5.41) is 21.1. The van der Waals surface area contributed by atoms with Crippen LogP contribution in [0.5, 0.6) is 5.75 Å². The molecule has 0 aliphatic carbocycles. The lowest BCUT2D eigenvalue weighted by molar-refractivity contribution is 0.0696. The van der Waals surface area contributed by atoms with Crippen LogP contribution in [0.3, 0.4) is 0 Å². The molecule has 0 spiro atoms. The Morgan fingerprint density at radius 2 is 1.76 bits per heavy atom. The molecule has 0 aromatic heterocycles. The van der Waals surface area contributed by atoms with Crippen LogP contribution in [0.1, 0.15) is 26.3 Å². The van der Waals surface area contributed by atoms with Crippen molar-refractivity contribution in [3.8, 4) is 5.75 Å². The molecule has 0 fully saturated rings. The second-order valence-corrected chi connectivity index (χ2v) is 4.56. The zero-order chi connectivity index (χ0) is 15.6. The van der Waals surface area contributed by atoms with Gasteiger partial charge in [0.05, 0.1) is 11.3 Å². The number of hydrogen-bond donors (Lipinski definition) is 4. The molecule has 0 aliphatic heterocycles. The number of aryl methyl sites for hydroxylation is 1. The molecule has 6 nitrogen and oxygen atoms in total. The molecule has 108 valence electrons. The quantitative estimate of drug-likeness (QED) is 0.510. The van der Waals surface area contributed by atoms with E-state index in [1.165, 1.54) is 18.2 Å². The van der Waals surface area contributed by atoms with E-state index < -0.39 is 11.9 Å². The molecule has 2 rings (SSSR count). The Bertz CT molecular complexity index is 726. The fourth-order valence-electron chi connectivity index (χ4n) is 1.78. The number of rotatable bonds is 3. The number of phenolic OH excluding ortho intramolecular Hbond substituents is 1. The Morgan fingerprint density at radius 1 is 1.10 bits per heavy atom. The van der Waals surface area contributed by atoms with Gasteiger partial charge in [0.15, 0.2) is 0 Å². The smallest absolute Gasteiger partial charge is 0.335 e. The van der Waals surface area contributed by atoms with E-state index in [9.17, 15) is 14.7 Å². The van der Waals surface area contributed by atoms with Gasteiger partial charge in [0.1, 0.15) is 5.75 Å². The summed E-state index contributed by atoms with van der Waals surface area (Å²) in [6, 6.07) is 8.43. The Labute approximate surface area is 120 Å². The van der Waals surface area contributed by atoms with Gasteiger partial charge < -0.3 is 21.3 Å². The van der Waals surface area contributed by atoms with Gasteiger partial charge in [-0.15, -0.1) is 0 Å². The first-order chi connectivity index (χ1) is 9.88. The molecule has 5 N–H and O–H groups in total. The van der Waals surface area contributed by atoms with Crippen LogP contribution >= 0.6 is 0 Å². The van der Waals surface area contributed by atoms with E-state index in [0.717, 1.165) is 5.56 Å². The number of aromatic hydroxyl groups is 1. The molecule has 0 bridgehead atoms. The van der Waals surface area contributed by atoms with Crippen molar-refractivity contribution in [2.45, 2.75) is 6.92 Å². The number of carboxylic acid groups (broad SMARTS) is 1. The van der Waals surface area contributed by atoms with Gasteiger partial charge in [0.2, 0.25) is 0 Å². The maximum atomic E-state index is 12.1. The van der Waals surface area contributed by atoms with E-state index in [2.05, 4.69) is 5.32 Å². The normalized spacial score (nSPS) is 10.1. The van der Waals surface area contributed by atoms with Crippen LogP contribution in [0.15, 0.2) is 36.4 Å². The molecule has 0 radical (unpaired) electrons. The van der Waals surface area contributed by atoms with E-state index in [-0.39, 0.29) is 17.0 Å². The lowest BCUT2D eigenvalue weighted by atomic mass is 10.1. The second kappa shape index (κ2) is 5.54. The van der Waals surface area contributed by atoms with Crippen molar-refractivity contribution < 1.29 is 19.8 Å². The zero-order valence-corrected chi connectivity index (χ0v) is 11.3. The van der Waals surface area contributed by atoms with E-state index in [1.54, 1.807) is 25.1 Å². The largest absolute Gasteiger partial charge is 0.506 e. The van der Waals surface area contributed by atoms with Crippen molar-refractivity contribution in [1.82, 2.24) is 0 Å². The molecule has 21 heavy (non-hydrogen) atoms. The molecule has 0 saturated carbocycles. The Balaban J connectivity index is 2.28. The highest BCUT2D eigenvalue weighted by molar-refractivity contribution is 6.06. The van der Waals surface area contributed by atoms with Crippen LogP contribution in [0.2, 0.25) is 0 Å². The minimum Gasteiger partial charge on any atom is -0.506 e. The minimum atomic E-state index is -1.14. The van der Waals surface area contributed by atoms with Crippen LogP contribution in [-0.2, 0) is 0 Å². The third kappa shape index (κ3) is 3.11. The average Bonchev–Trinajstić information content (AvgIpc) is 2.43. The maximum Gasteiger partial charge on any atom is 0.335 e. The fourth-order valence-corrected chi connectivity index (χ4v) is 1.78. The van der Waals surface area contributed by atoms with Crippen molar-refractivity contribution in [3.05, 3.63) is 53.1 Å². The highest BCUT2D eigenvalue weighted by Crippen LogP contribution is 2.25. The van der Waals surface area contributed by atoms with Crippen LogP contribution in [0, 0.1) is 6.92 Å². The molecule has 0 unspecified atom stereocenters. The third-order valence-corrected chi connectivity index (χ3v) is 3.02. The van der Waals surface area contributed by atoms with Crippen molar-refractivity contribution in [3.63, 3.8) is 0 Å². The predicted octanol–water partition coefficient (Wildman–Crippen LogP) is 2.23. The van der Waals surface area contributed by atoms with Crippen molar-refractivity contribution in [2.75, 3.05) is 11.1 Å². The maximum absolute atomic E-state index is 12.1. The molecule has 1 amide bonds. The summed E-state index contributed by atoms with van der Waals surface area (Å²) in [6.07, 6.45) is 0. The van der Waals surface area contributed by atoms with Crippen molar-refractivity contribution >= 4 is 23.3 Å². The van der Waals surface area contributed by atoms with Gasteiger partial charge in [-0.2, -0.15) is 0 Å². The first-order valence-electron chi connectivity index (χ1n) is 6.12. The van der Waals surface area contributed by atoms with Gasteiger partial charge in [0, 0.05) is 11.3 Å². The van der Waals surface area contributed by atoms with Gasteiger partial charge >= 0.3 is 5.97 Å². The molecule has 0 heterocycles. The fraction of sp³-hybridized carbons (Fsp3) is 0.0667. The zero-order valence-electron chi connectivity index (χ0n) is 11.3. The van der Waals surface area contributed by atoms with E-state index in [4.69, 9.17) is 10.8 Å². The number of anilines is 2. The average molecular weight is 286 g/mol. The highest BCUT2D eigenvalue weighted by Gasteiger charge is 2.12. The number of nitrogens with one attached hydrogen (secondary N) is 1. The Hall–Kier alpha value is -3.02. The highest BCUT2D eigenvalue weighted by atomic mass is 16.4. The lowest BCUT2D eigenvalue weighted by Crippen LogP contribution is -2.13. The van der Waals surface area contributed by atoms with Crippen molar-refractivity contribution in [1.29, 1.82) is 0 Å². The van der Waals surface area contributed by atoms with Crippen LogP contribution in [0.4, 0.5) is 11.4 Å². The molecule has 0 aliphatic rings. The number of nitrogen functional groups attached to an aromatic ring is 1. The summed E-state index contributed by atoms with van der Waals surface area (Å²) in [4.78, 5) is 23.0. The second-order valence-electron chi connectivity index (χ2n) is 4.56. The number of carbonyl (C=O) groups excluding carboxylic acids is 1. The molecule has 2 aromatic carbocycles. The Morgan fingerprint density at radius 3 is 2.38 bits per heavy atom. The van der Waals surface area contributed by atoms with Gasteiger partial charge in [-0.05, 0) is 48.9 Å². The van der Waals surface area contributed by atoms with Gasteiger partial charge in [-0.25, -0.2) is 4.79 Å². The molecule has 0 saturated heterocycles. The number of amides is 1. The van der Waals surface area contributed by atoms with Gasteiger partial charge in [-0.3, -0.25) is 4.79 Å². The standard InChI is InChI=1S/C15H14N2O4/c1-8-6-9(2-4-11(8)16)14(19)17-12-7-10(15(20)21)3-5-13(12)18/h2-7,18H,16H2,1H3,(H,17,19)(H,20,21). The predicted molar refractivity (Wildman–Crippen MR) is 78.6 cm³/mol.